The lowest BCUT2D eigenvalue weighted by Crippen LogP contribution is -2.24. The number of rotatable bonds is 3. The summed E-state index contributed by atoms with van der Waals surface area (Å²) in [6.45, 7) is 1.99. The van der Waals surface area contributed by atoms with E-state index in [2.05, 4.69) is 11.0 Å². The van der Waals surface area contributed by atoms with Gasteiger partial charge >= 0.3 is 0 Å². The first-order valence-corrected chi connectivity index (χ1v) is 5.63. The Balaban J connectivity index is 2.16. The molecule has 86 valence electrons. The highest BCUT2D eigenvalue weighted by atomic mass is 16.4. The number of hydrogen-bond donors (Lipinski definition) is 0. The van der Waals surface area contributed by atoms with Crippen LogP contribution in [0.3, 0.4) is 0 Å². The first-order chi connectivity index (χ1) is 7.72. The minimum atomic E-state index is -0.226. The summed E-state index contributed by atoms with van der Waals surface area (Å²) in [5, 5.41) is 9.22. The molecule has 1 atom stereocenters. The molecule has 4 heteroatoms. The molecule has 0 aromatic carbocycles. The molecule has 0 N–H and O–H groups in total. The van der Waals surface area contributed by atoms with E-state index in [9.17, 15) is 5.26 Å². The number of nitrogens with zero attached hydrogens (tertiary/aromatic N) is 3. The largest absolute Gasteiger partial charge is 0.443 e. The number of furan rings is 1. The van der Waals surface area contributed by atoms with Crippen molar-refractivity contribution in [3.05, 3.63) is 17.9 Å². The van der Waals surface area contributed by atoms with Gasteiger partial charge in [0.25, 0.3) is 0 Å². The minimum Gasteiger partial charge on any atom is -0.443 e. The summed E-state index contributed by atoms with van der Waals surface area (Å²) < 4.78 is 5.67. The van der Waals surface area contributed by atoms with E-state index in [0.717, 1.165) is 24.7 Å². The molecule has 1 saturated heterocycles. The van der Waals surface area contributed by atoms with Crippen molar-refractivity contribution >= 4 is 5.88 Å². The molecule has 0 unspecified atom stereocenters. The Morgan fingerprint density at radius 1 is 1.38 bits per heavy atom. The van der Waals surface area contributed by atoms with Gasteiger partial charge < -0.3 is 9.32 Å². The number of likely N-dealkylation sites (tertiary alicyclic amines) is 1. The number of anilines is 1. The first-order valence-electron chi connectivity index (χ1n) is 5.63. The summed E-state index contributed by atoms with van der Waals surface area (Å²) in [5.74, 6) is 1.56. The van der Waals surface area contributed by atoms with Crippen LogP contribution in [0, 0.1) is 11.3 Å². The zero-order valence-corrected chi connectivity index (χ0v) is 9.81. The van der Waals surface area contributed by atoms with Gasteiger partial charge in [0.1, 0.15) is 5.76 Å². The van der Waals surface area contributed by atoms with E-state index in [1.165, 1.54) is 12.8 Å². The number of hydrogen-bond acceptors (Lipinski definition) is 4. The van der Waals surface area contributed by atoms with E-state index < -0.39 is 0 Å². The molecule has 1 aromatic rings. The molecule has 0 saturated carbocycles. The van der Waals surface area contributed by atoms with E-state index in [4.69, 9.17) is 4.42 Å². The number of nitriles is 1. The van der Waals surface area contributed by atoms with Crippen molar-refractivity contribution in [2.45, 2.75) is 18.9 Å². The molecule has 0 aliphatic carbocycles. The molecule has 1 fully saturated rings. The molecular weight excluding hydrogens is 202 g/mol. The van der Waals surface area contributed by atoms with E-state index in [-0.39, 0.29) is 6.04 Å². The van der Waals surface area contributed by atoms with Crippen LogP contribution in [-0.2, 0) is 0 Å². The maximum atomic E-state index is 9.22. The zero-order chi connectivity index (χ0) is 11.5. The second-order valence-corrected chi connectivity index (χ2v) is 4.35. The van der Waals surface area contributed by atoms with E-state index in [1.807, 2.05) is 31.1 Å². The smallest absolute Gasteiger partial charge is 0.195 e. The second kappa shape index (κ2) is 4.58. The molecule has 16 heavy (non-hydrogen) atoms. The summed E-state index contributed by atoms with van der Waals surface area (Å²) in [6.07, 6.45) is 2.36. The molecule has 2 rings (SSSR count). The highest BCUT2D eigenvalue weighted by Crippen LogP contribution is 2.28. The van der Waals surface area contributed by atoms with Gasteiger partial charge in [0.05, 0.1) is 6.07 Å². The van der Waals surface area contributed by atoms with Gasteiger partial charge in [0.2, 0.25) is 0 Å². The maximum Gasteiger partial charge on any atom is 0.195 e. The van der Waals surface area contributed by atoms with Gasteiger partial charge in [-0.1, -0.05) is 0 Å². The Bertz CT molecular complexity index is 385. The lowest BCUT2D eigenvalue weighted by atomic mass is 10.2. The lowest BCUT2D eigenvalue weighted by molar-refractivity contribution is 0.262. The predicted octanol–water partition coefficient (Wildman–Crippen LogP) is 2.01. The Hall–Kier alpha value is -1.47. The van der Waals surface area contributed by atoms with Crippen LogP contribution >= 0.6 is 0 Å². The van der Waals surface area contributed by atoms with Crippen LogP contribution in [0.4, 0.5) is 5.88 Å². The fraction of sp³-hybridized carbons (Fsp3) is 0.583. The monoisotopic (exact) mass is 219 g/mol. The second-order valence-electron chi connectivity index (χ2n) is 4.35. The van der Waals surface area contributed by atoms with Crippen LogP contribution in [0.2, 0.25) is 0 Å². The van der Waals surface area contributed by atoms with Crippen molar-refractivity contribution in [1.29, 1.82) is 5.26 Å². The van der Waals surface area contributed by atoms with Gasteiger partial charge in [-0.15, -0.1) is 0 Å². The van der Waals surface area contributed by atoms with E-state index in [0.29, 0.717) is 0 Å². The predicted molar refractivity (Wildman–Crippen MR) is 62.2 cm³/mol. The fourth-order valence-electron chi connectivity index (χ4n) is 2.05. The van der Waals surface area contributed by atoms with Crippen LogP contribution in [0.25, 0.3) is 0 Å². The lowest BCUT2D eigenvalue weighted by Gasteiger charge is -2.19. The summed E-state index contributed by atoms with van der Waals surface area (Å²) in [4.78, 5) is 4.08. The zero-order valence-electron chi connectivity index (χ0n) is 9.81. The van der Waals surface area contributed by atoms with Gasteiger partial charge in [-0.3, -0.25) is 4.90 Å². The maximum absolute atomic E-state index is 9.22. The van der Waals surface area contributed by atoms with Gasteiger partial charge in [-0.05, 0) is 32.0 Å². The quantitative estimate of drug-likeness (QED) is 0.780. The summed E-state index contributed by atoms with van der Waals surface area (Å²) in [5.41, 5.74) is 0. The van der Waals surface area contributed by atoms with Gasteiger partial charge in [-0.2, -0.15) is 5.26 Å². The molecule has 4 nitrogen and oxygen atoms in total. The third-order valence-electron chi connectivity index (χ3n) is 2.95. The van der Waals surface area contributed by atoms with Gasteiger partial charge in [0, 0.05) is 20.2 Å². The van der Waals surface area contributed by atoms with Crippen LogP contribution < -0.4 is 4.90 Å². The first kappa shape index (κ1) is 11.0. The van der Waals surface area contributed by atoms with Crippen LogP contribution in [0.5, 0.6) is 0 Å². The molecule has 0 bridgehead atoms. The van der Waals surface area contributed by atoms with Crippen LogP contribution in [0.15, 0.2) is 16.5 Å². The summed E-state index contributed by atoms with van der Waals surface area (Å²) >= 11 is 0. The van der Waals surface area contributed by atoms with Crippen LogP contribution in [-0.4, -0.2) is 32.1 Å². The highest BCUT2D eigenvalue weighted by molar-refractivity contribution is 5.35. The molecule has 0 amide bonds. The molecule has 0 radical (unpaired) electrons. The average molecular weight is 219 g/mol. The standard InChI is InChI=1S/C12H17N3O/c1-14(2)12-6-5-11(16-12)10(9-13)15-7-3-4-8-15/h5-6,10H,3-4,7-8H2,1-2H3/t10-/m1/s1. The van der Waals surface area contributed by atoms with Crippen molar-refractivity contribution in [2.75, 3.05) is 32.1 Å². The van der Waals surface area contributed by atoms with Crippen molar-refractivity contribution in [3.8, 4) is 6.07 Å². The van der Waals surface area contributed by atoms with E-state index in [1.54, 1.807) is 0 Å². The van der Waals surface area contributed by atoms with Gasteiger partial charge in [0.15, 0.2) is 11.9 Å². The summed E-state index contributed by atoms with van der Waals surface area (Å²) in [7, 11) is 3.86. The SMILES string of the molecule is CN(C)c1ccc([C@@H](C#N)N2CCCC2)o1. The molecule has 0 spiro atoms. The highest BCUT2D eigenvalue weighted by Gasteiger charge is 2.25. The Kier molecular flexibility index (Phi) is 3.16. The van der Waals surface area contributed by atoms with Crippen LogP contribution in [0.1, 0.15) is 24.6 Å². The normalized spacial score (nSPS) is 18.3. The van der Waals surface area contributed by atoms with Crippen molar-refractivity contribution in [3.63, 3.8) is 0 Å². The van der Waals surface area contributed by atoms with E-state index >= 15 is 0 Å². The van der Waals surface area contributed by atoms with Gasteiger partial charge in [-0.25, -0.2) is 0 Å². The topological polar surface area (TPSA) is 43.4 Å². The summed E-state index contributed by atoms with van der Waals surface area (Å²) in [6, 6.07) is 5.92. The fourth-order valence-corrected chi connectivity index (χ4v) is 2.05. The molecule has 1 aromatic heterocycles. The molecule has 1 aliphatic heterocycles. The van der Waals surface area contributed by atoms with Crippen molar-refractivity contribution < 1.29 is 4.42 Å². The minimum absolute atomic E-state index is 0.226. The van der Waals surface area contributed by atoms with Crippen molar-refractivity contribution in [2.24, 2.45) is 0 Å². The molecule has 1 aliphatic rings. The Morgan fingerprint density at radius 2 is 2.06 bits per heavy atom. The Labute approximate surface area is 96.1 Å². The molecular formula is C12H17N3O. The van der Waals surface area contributed by atoms with Crippen molar-refractivity contribution in [1.82, 2.24) is 4.90 Å². The Morgan fingerprint density at radius 3 is 2.56 bits per heavy atom. The third kappa shape index (κ3) is 2.05. The third-order valence-corrected chi connectivity index (χ3v) is 2.95. The average Bonchev–Trinajstić information content (AvgIpc) is 2.88. The molecule has 2 heterocycles.